The molecule has 0 N–H and O–H groups in total. The largest absolute Gasteiger partial charge is 0.380 e. The van der Waals surface area contributed by atoms with E-state index in [2.05, 4.69) is 55.5 Å². The summed E-state index contributed by atoms with van der Waals surface area (Å²) in [7, 11) is 1.72. The zero-order valence-electron chi connectivity index (χ0n) is 10.4. The van der Waals surface area contributed by atoms with Crippen molar-refractivity contribution < 1.29 is 4.74 Å². The standard InChI is InChI=1S/C16H18O/c1-3-13-7-9-15(10-8-13)16-6-4-5-14(11-16)12-17-2/h4-11H,3,12H2,1-2H3. The van der Waals surface area contributed by atoms with Gasteiger partial charge in [0.1, 0.15) is 0 Å². The van der Waals surface area contributed by atoms with Gasteiger partial charge in [-0.15, -0.1) is 0 Å². The van der Waals surface area contributed by atoms with Crippen molar-refractivity contribution in [1.29, 1.82) is 0 Å². The predicted molar refractivity (Wildman–Crippen MR) is 72.0 cm³/mol. The van der Waals surface area contributed by atoms with Crippen LogP contribution in [-0.4, -0.2) is 7.11 Å². The first-order chi connectivity index (χ1) is 8.33. The topological polar surface area (TPSA) is 9.23 Å². The van der Waals surface area contributed by atoms with Crippen LogP contribution >= 0.6 is 0 Å². The van der Waals surface area contributed by atoms with Crippen molar-refractivity contribution in [1.82, 2.24) is 0 Å². The number of aryl methyl sites for hydroxylation is 1. The summed E-state index contributed by atoms with van der Waals surface area (Å²) < 4.78 is 5.16. The van der Waals surface area contributed by atoms with Crippen molar-refractivity contribution >= 4 is 0 Å². The van der Waals surface area contributed by atoms with Crippen molar-refractivity contribution in [2.45, 2.75) is 20.0 Å². The fourth-order valence-corrected chi connectivity index (χ4v) is 1.94. The van der Waals surface area contributed by atoms with Crippen LogP contribution in [0.2, 0.25) is 0 Å². The number of rotatable bonds is 4. The second-order valence-corrected chi connectivity index (χ2v) is 4.18. The first-order valence-electron chi connectivity index (χ1n) is 6.00. The Hall–Kier alpha value is -1.60. The predicted octanol–water partition coefficient (Wildman–Crippen LogP) is 4.06. The molecule has 2 aromatic carbocycles. The highest BCUT2D eigenvalue weighted by molar-refractivity contribution is 5.64. The van der Waals surface area contributed by atoms with Gasteiger partial charge in [0, 0.05) is 7.11 Å². The van der Waals surface area contributed by atoms with Crippen LogP contribution in [0, 0.1) is 0 Å². The Balaban J connectivity index is 2.28. The SMILES string of the molecule is CCc1ccc(-c2cccc(COC)c2)cc1. The quantitative estimate of drug-likeness (QED) is 0.763. The van der Waals surface area contributed by atoms with Crippen LogP contribution in [0.5, 0.6) is 0 Å². The summed E-state index contributed by atoms with van der Waals surface area (Å²) >= 11 is 0. The molecule has 0 bridgehead atoms. The molecule has 0 unspecified atom stereocenters. The monoisotopic (exact) mass is 226 g/mol. The van der Waals surface area contributed by atoms with E-state index in [-0.39, 0.29) is 0 Å². The van der Waals surface area contributed by atoms with Crippen molar-refractivity contribution in [2.24, 2.45) is 0 Å². The Kier molecular flexibility index (Phi) is 3.94. The van der Waals surface area contributed by atoms with Crippen LogP contribution in [0.1, 0.15) is 18.1 Å². The minimum atomic E-state index is 0.668. The minimum absolute atomic E-state index is 0.668. The van der Waals surface area contributed by atoms with E-state index in [1.807, 2.05) is 0 Å². The van der Waals surface area contributed by atoms with Crippen LogP contribution in [0.25, 0.3) is 11.1 Å². The highest BCUT2D eigenvalue weighted by Gasteiger charge is 1.99. The summed E-state index contributed by atoms with van der Waals surface area (Å²) in [6, 6.07) is 17.3. The van der Waals surface area contributed by atoms with E-state index in [4.69, 9.17) is 4.74 Å². The number of hydrogen-bond donors (Lipinski definition) is 0. The van der Waals surface area contributed by atoms with Crippen LogP contribution in [0.15, 0.2) is 48.5 Å². The van der Waals surface area contributed by atoms with E-state index in [1.165, 1.54) is 22.3 Å². The Morgan fingerprint density at radius 1 is 0.882 bits per heavy atom. The van der Waals surface area contributed by atoms with Crippen LogP contribution in [0.4, 0.5) is 0 Å². The number of benzene rings is 2. The van der Waals surface area contributed by atoms with Crippen molar-refractivity contribution in [3.63, 3.8) is 0 Å². The third-order valence-corrected chi connectivity index (χ3v) is 2.93. The van der Waals surface area contributed by atoms with Gasteiger partial charge in [0.05, 0.1) is 6.61 Å². The summed E-state index contributed by atoms with van der Waals surface area (Å²) in [5.74, 6) is 0. The van der Waals surface area contributed by atoms with E-state index in [1.54, 1.807) is 7.11 Å². The van der Waals surface area contributed by atoms with Crippen LogP contribution in [-0.2, 0) is 17.8 Å². The van der Waals surface area contributed by atoms with Gasteiger partial charge in [-0.05, 0) is 34.7 Å². The summed E-state index contributed by atoms with van der Waals surface area (Å²) in [4.78, 5) is 0. The normalized spacial score (nSPS) is 10.5. The lowest BCUT2D eigenvalue weighted by Crippen LogP contribution is -1.88. The van der Waals surface area contributed by atoms with Gasteiger partial charge < -0.3 is 4.74 Å². The molecule has 0 spiro atoms. The second-order valence-electron chi connectivity index (χ2n) is 4.18. The van der Waals surface area contributed by atoms with Gasteiger partial charge in [-0.2, -0.15) is 0 Å². The van der Waals surface area contributed by atoms with Gasteiger partial charge >= 0.3 is 0 Å². The van der Waals surface area contributed by atoms with Gasteiger partial charge in [-0.1, -0.05) is 49.4 Å². The average molecular weight is 226 g/mol. The van der Waals surface area contributed by atoms with Gasteiger partial charge in [0.15, 0.2) is 0 Å². The Morgan fingerprint density at radius 3 is 2.29 bits per heavy atom. The van der Waals surface area contributed by atoms with Gasteiger partial charge in [0.25, 0.3) is 0 Å². The lowest BCUT2D eigenvalue weighted by atomic mass is 10.0. The molecule has 0 atom stereocenters. The van der Waals surface area contributed by atoms with Crippen molar-refractivity contribution in [2.75, 3.05) is 7.11 Å². The lowest BCUT2D eigenvalue weighted by molar-refractivity contribution is 0.185. The van der Waals surface area contributed by atoms with Crippen molar-refractivity contribution in [3.8, 4) is 11.1 Å². The van der Waals surface area contributed by atoms with Crippen LogP contribution < -0.4 is 0 Å². The fraction of sp³-hybridized carbons (Fsp3) is 0.250. The first-order valence-corrected chi connectivity index (χ1v) is 6.00. The maximum Gasteiger partial charge on any atom is 0.0713 e. The molecule has 0 aromatic heterocycles. The Labute approximate surface area is 103 Å². The molecule has 0 aliphatic rings. The molecule has 88 valence electrons. The smallest absolute Gasteiger partial charge is 0.0713 e. The van der Waals surface area contributed by atoms with Gasteiger partial charge in [-0.25, -0.2) is 0 Å². The molecule has 0 fully saturated rings. The molecule has 0 saturated carbocycles. The highest BCUT2D eigenvalue weighted by atomic mass is 16.5. The minimum Gasteiger partial charge on any atom is -0.380 e. The summed E-state index contributed by atoms with van der Waals surface area (Å²) in [5.41, 5.74) is 5.11. The van der Waals surface area contributed by atoms with Crippen LogP contribution in [0.3, 0.4) is 0 Å². The van der Waals surface area contributed by atoms with E-state index in [0.717, 1.165) is 6.42 Å². The van der Waals surface area contributed by atoms with E-state index < -0.39 is 0 Å². The molecule has 17 heavy (non-hydrogen) atoms. The zero-order chi connectivity index (χ0) is 12.1. The molecular formula is C16H18O. The zero-order valence-corrected chi connectivity index (χ0v) is 10.4. The number of methoxy groups -OCH3 is 1. The molecule has 1 nitrogen and oxygen atoms in total. The number of ether oxygens (including phenoxy) is 1. The summed E-state index contributed by atoms with van der Waals surface area (Å²) in [6.45, 7) is 2.84. The molecule has 0 aliphatic carbocycles. The molecule has 0 saturated heterocycles. The number of hydrogen-bond acceptors (Lipinski definition) is 1. The lowest BCUT2D eigenvalue weighted by Gasteiger charge is -2.06. The molecule has 0 amide bonds. The Bertz CT molecular complexity index is 471. The van der Waals surface area contributed by atoms with Crippen molar-refractivity contribution in [3.05, 3.63) is 59.7 Å². The molecular weight excluding hydrogens is 208 g/mol. The molecule has 0 aliphatic heterocycles. The van der Waals surface area contributed by atoms with Gasteiger partial charge in [0.2, 0.25) is 0 Å². The molecule has 2 aromatic rings. The molecule has 1 heteroatoms. The molecule has 0 radical (unpaired) electrons. The molecule has 0 heterocycles. The summed E-state index contributed by atoms with van der Waals surface area (Å²) in [6.07, 6.45) is 1.09. The maximum absolute atomic E-state index is 5.16. The fourth-order valence-electron chi connectivity index (χ4n) is 1.94. The van der Waals surface area contributed by atoms with E-state index in [0.29, 0.717) is 6.61 Å². The van der Waals surface area contributed by atoms with E-state index >= 15 is 0 Å². The van der Waals surface area contributed by atoms with Gasteiger partial charge in [-0.3, -0.25) is 0 Å². The summed E-state index contributed by atoms with van der Waals surface area (Å²) in [5, 5.41) is 0. The Morgan fingerprint density at radius 2 is 1.65 bits per heavy atom. The molecule has 2 rings (SSSR count). The third kappa shape index (κ3) is 2.95. The second kappa shape index (κ2) is 5.65. The first kappa shape index (κ1) is 11.9. The third-order valence-electron chi connectivity index (χ3n) is 2.93. The van der Waals surface area contributed by atoms with E-state index in [9.17, 15) is 0 Å². The maximum atomic E-state index is 5.16. The highest BCUT2D eigenvalue weighted by Crippen LogP contribution is 2.21. The average Bonchev–Trinajstić information content (AvgIpc) is 2.40.